The lowest BCUT2D eigenvalue weighted by atomic mass is 9.91. The van der Waals surface area contributed by atoms with E-state index in [4.69, 9.17) is 14.6 Å². The molecule has 1 aliphatic heterocycles. The van der Waals surface area contributed by atoms with Crippen LogP contribution < -0.4 is 9.47 Å². The van der Waals surface area contributed by atoms with Gasteiger partial charge in [-0.2, -0.15) is 0 Å². The van der Waals surface area contributed by atoms with Crippen molar-refractivity contribution >= 4 is 5.97 Å². The quantitative estimate of drug-likeness (QED) is 0.277. The van der Waals surface area contributed by atoms with Crippen LogP contribution in [0.2, 0.25) is 0 Å². The monoisotopic (exact) mass is 402 g/mol. The Balaban J connectivity index is 1.74. The van der Waals surface area contributed by atoms with E-state index in [2.05, 4.69) is 32.1 Å². The number of carboxylic acid groups (broad SMARTS) is 1. The van der Waals surface area contributed by atoms with Gasteiger partial charge in [0.25, 0.3) is 0 Å². The van der Waals surface area contributed by atoms with Gasteiger partial charge in [0.1, 0.15) is 17.1 Å². The second-order valence-electron chi connectivity index (χ2n) is 8.34. The molecule has 0 bridgehead atoms. The van der Waals surface area contributed by atoms with Crippen molar-refractivity contribution in [1.29, 1.82) is 0 Å². The summed E-state index contributed by atoms with van der Waals surface area (Å²) in [4.78, 5) is 10.5. The van der Waals surface area contributed by atoms with Gasteiger partial charge < -0.3 is 14.6 Å². The fraction of sp³-hybridized carbons (Fsp3) is 0.640. The van der Waals surface area contributed by atoms with E-state index < -0.39 is 5.97 Å². The number of hydrogen-bond donors (Lipinski definition) is 1. The van der Waals surface area contributed by atoms with Crippen LogP contribution in [0.4, 0.5) is 0 Å². The fourth-order valence-corrected chi connectivity index (χ4v) is 3.69. The smallest absolute Gasteiger partial charge is 0.303 e. The molecule has 0 spiro atoms. The standard InChI is InChI=1S/C25H38O4/c1-3-4-5-6-7-8-11-17-25(2)18-16-21-20-22(14-15-23(21)29-25)28-19-12-9-10-13-24(26)27/h11,14-15,17,20H,3-10,12-13,16,18-19H2,1-2H3,(H,26,27). The minimum atomic E-state index is -0.727. The normalized spacial score (nSPS) is 18.4. The van der Waals surface area contributed by atoms with Crippen molar-refractivity contribution in [1.82, 2.24) is 0 Å². The molecule has 0 saturated carbocycles. The van der Waals surface area contributed by atoms with Crippen molar-refractivity contribution in [3.05, 3.63) is 35.9 Å². The molecule has 29 heavy (non-hydrogen) atoms. The zero-order valence-electron chi connectivity index (χ0n) is 18.3. The van der Waals surface area contributed by atoms with Crippen LogP contribution in [0.25, 0.3) is 0 Å². The Morgan fingerprint density at radius 1 is 1.17 bits per heavy atom. The van der Waals surface area contributed by atoms with Gasteiger partial charge in [-0.1, -0.05) is 38.7 Å². The second kappa shape index (κ2) is 12.6. The van der Waals surface area contributed by atoms with E-state index in [1.165, 1.54) is 37.7 Å². The van der Waals surface area contributed by atoms with Crippen LogP contribution in [0, 0.1) is 0 Å². The molecule has 0 saturated heterocycles. The summed E-state index contributed by atoms with van der Waals surface area (Å²) in [5.74, 6) is 1.10. The Morgan fingerprint density at radius 2 is 1.97 bits per heavy atom. The summed E-state index contributed by atoms with van der Waals surface area (Å²) in [7, 11) is 0. The molecular formula is C25H38O4. The molecule has 4 heteroatoms. The molecule has 0 aliphatic carbocycles. The van der Waals surface area contributed by atoms with Gasteiger partial charge in [-0.3, -0.25) is 4.79 Å². The highest BCUT2D eigenvalue weighted by molar-refractivity contribution is 5.66. The van der Waals surface area contributed by atoms with Crippen LogP contribution >= 0.6 is 0 Å². The predicted octanol–water partition coefficient (Wildman–Crippen LogP) is 6.71. The van der Waals surface area contributed by atoms with E-state index in [0.29, 0.717) is 13.0 Å². The number of carbonyl (C=O) groups is 1. The molecule has 0 amide bonds. The first-order chi connectivity index (χ1) is 14.0. The summed E-state index contributed by atoms with van der Waals surface area (Å²) < 4.78 is 12.1. The van der Waals surface area contributed by atoms with E-state index in [0.717, 1.165) is 43.6 Å². The zero-order valence-corrected chi connectivity index (χ0v) is 18.3. The van der Waals surface area contributed by atoms with E-state index >= 15 is 0 Å². The fourth-order valence-electron chi connectivity index (χ4n) is 3.69. The molecule has 0 fully saturated rings. The van der Waals surface area contributed by atoms with E-state index in [1.54, 1.807) is 0 Å². The Hall–Kier alpha value is -1.97. The van der Waals surface area contributed by atoms with Crippen LogP contribution in [0.3, 0.4) is 0 Å². The zero-order chi connectivity index (χ0) is 21.0. The van der Waals surface area contributed by atoms with Gasteiger partial charge >= 0.3 is 5.97 Å². The van der Waals surface area contributed by atoms with Crippen molar-refractivity contribution in [3.8, 4) is 11.5 Å². The largest absolute Gasteiger partial charge is 0.494 e. The van der Waals surface area contributed by atoms with Crippen LogP contribution in [0.5, 0.6) is 11.5 Å². The van der Waals surface area contributed by atoms with Crippen LogP contribution in [0.15, 0.2) is 30.4 Å². The van der Waals surface area contributed by atoms with Crippen LogP contribution in [-0.2, 0) is 11.2 Å². The van der Waals surface area contributed by atoms with Crippen LogP contribution in [0.1, 0.15) is 90.0 Å². The lowest BCUT2D eigenvalue weighted by molar-refractivity contribution is -0.137. The average molecular weight is 403 g/mol. The van der Waals surface area contributed by atoms with Crippen LogP contribution in [-0.4, -0.2) is 23.3 Å². The minimum absolute atomic E-state index is 0.219. The molecule has 1 heterocycles. The molecule has 2 rings (SSSR count). The first-order valence-corrected chi connectivity index (χ1v) is 11.4. The third-order valence-electron chi connectivity index (χ3n) is 5.51. The number of ether oxygens (including phenoxy) is 2. The van der Waals surface area contributed by atoms with Crippen molar-refractivity contribution in [2.45, 2.75) is 96.5 Å². The number of benzene rings is 1. The van der Waals surface area contributed by atoms with E-state index in [9.17, 15) is 4.79 Å². The molecule has 0 aromatic heterocycles. The molecule has 162 valence electrons. The van der Waals surface area contributed by atoms with Crippen molar-refractivity contribution in [3.63, 3.8) is 0 Å². The maximum absolute atomic E-state index is 10.5. The van der Waals surface area contributed by atoms with Gasteiger partial charge in [0.05, 0.1) is 6.61 Å². The molecule has 1 unspecified atom stereocenters. The first-order valence-electron chi connectivity index (χ1n) is 11.4. The summed E-state index contributed by atoms with van der Waals surface area (Å²) in [6, 6.07) is 6.08. The number of allylic oxidation sites excluding steroid dienone is 1. The molecule has 0 radical (unpaired) electrons. The molecular weight excluding hydrogens is 364 g/mol. The summed E-state index contributed by atoms with van der Waals surface area (Å²) in [5, 5.41) is 8.65. The lowest BCUT2D eigenvalue weighted by Crippen LogP contribution is -2.34. The third-order valence-corrected chi connectivity index (χ3v) is 5.51. The van der Waals surface area contributed by atoms with Gasteiger partial charge in [-0.05, 0) is 81.7 Å². The number of fused-ring (bicyclic) bond motifs is 1. The average Bonchev–Trinajstić information content (AvgIpc) is 2.70. The van der Waals surface area contributed by atoms with Crippen molar-refractivity contribution < 1.29 is 19.4 Å². The lowest BCUT2D eigenvalue weighted by Gasteiger charge is -2.33. The van der Waals surface area contributed by atoms with E-state index in [-0.39, 0.29) is 12.0 Å². The van der Waals surface area contributed by atoms with Gasteiger partial charge in [0.15, 0.2) is 0 Å². The van der Waals surface area contributed by atoms with Crippen molar-refractivity contribution in [2.24, 2.45) is 0 Å². The predicted molar refractivity (Wildman–Crippen MR) is 118 cm³/mol. The molecule has 1 aromatic carbocycles. The SMILES string of the molecule is CCCCCCCC=CC1(C)CCc2cc(OCCCCCC(=O)O)ccc2O1. The highest BCUT2D eigenvalue weighted by Gasteiger charge is 2.29. The minimum Gasteiger partial charge on any atom is -0.494 e. The molecule has 1 N–H and O–H groups in total. The maximum Gasteiger partial charge on any atom is 0.303 e. The first kappa shape index (κ1) is 23.3. The molecule has 1 aliphatic rings. The number of rotatable bonds is 14. The van der Waals surface area contributed by atoms with Gasteiger partial charge in [-0.25, -0.2) is 0 Å². The highest BCUT2D eigenvalue weighted by Crippen LogP contribution is 2.36. The topological polar surface area (TPSA) is 55.8 Å². The number of carboxylic acids is 1. The Morgan fingerprint density at radius 3 is 2.76 bits per heavy atom. The maximum atomic E-state index is 10.5. The van der Waals surface area contributed by atoms with E-state index in [1.807, 2.05) is 12.1 Å². The Kier molecular flexibility index (Phi) is 10.1. The van der Waals surface area contributed by atoms with Gasteiger partial charge in [0, 0.05) is 6.42 Å². The Labute approximate surface area is 176 Å². The third kappa shape index (κ3) is 8.93. The summed E-state index contributed by atoms with van der Waals surface area (Å²) in [6.07, 6.45) is 16.9. The summed E-state index contributed by atoms with van der Waals surface area (Å²) >= 11 is 0. The number of aryl methyl sites for hydroxylation is 1. The van der Waals surface area contributed by atoms with Gasteiger partial charge in [-0.15, -0.1) is 0 Å². The molecule has 1 aromatic rings. The Bertz CT molecular complexity index is 652. The summed E-state index contributed by atoms with van der Waals surface area (Å²) in [5.41, 5.74) is 0.988. The summed E-state index contributed by atoms with van der Waals surface area (Å²) in [6.45, 7) is 5.04. The second-order valence-corrected chi connectivity index (χ2v) is 8.34. The number of unbranched alkanes of at least 4 members (excludes halogenated alkanes) is 7. The number of hydrogen-bond acceptors (Lipinski definition) is 3. The van der Waals surface area contributed by atoms with Crippen molar-refractivity contribution in [2.75, 3.05) is 6.61 Å². The molecule has 1 atom stereocenters. The molecule has 4 nitrogen and oxygen atoms in total. The van der Waals surface area contributed by atoms with Gasteiger partial charge in [0.2, 0.25) is 0 Å². The highest BCUT2D eigenvalue weighted by atomic mass is 16.5. The number of aliphatic carboxylic acids is 1.